The number of hydrogen-bond acceptors (Lipinski definition) is 6. The first kappa shape index (κ1) is 18.1. The Balaban J connectivity index is 2.02. The molecule has 0 N–H and O–H groups in total. The molecule has 2 aromatic rings. The van der Waals surface area contributed by atoms with Crippen LogP contribution in [0, 0.1) is 6.92 Å². The van der Waals surface area contributed by atoms with E-state index in [1.165, 1.54) is 37.4 Å². The third kappa shape index (κ3) is 3.10. The van der Waals surface area contributed by atoms with Crippen molar-refractivity contribution in [3.05, 3.63) is 58.7 Å². The van der Waals surface area contributed by atoms with Crippen molar-refractivity contribution in [1.82, 2.24) is 0 Å². The number of benzene rings is 2. The van der Waals surface area contributed by atoms with Crippen molar-refractivity contribution in [2.24, 2.45) is 0 Å². The Hall–Kier alpha value is -2.67. The summed E-state index contributed by atoms with van der Waals surface area (Å²) >= 11 is 0. The van der Waals surface area contributed by atoms with Crippen LogP contribution in [-0.4, -0.2) is 27.3 Å². The molecule has 1 aliphatic rings. The van der Waals surface area contributed by atoms with Crippen LogP contribution in [0.25, 0.3) is 0 Å². The first-order valence-electron chi connectivity index (χ1n) is 8.04. The minimum atomic E-state index is -4.21. The van der Waals surface area contributed by atoms with E-state index >= 15 is 0 Å². The summed E-state index contributed by atoms with van der Waals surface area (Å²) in [6.45, 7) is 3.81. The minimum Gasteiger partial charge on any atom is -0.465 e. The molecule has 0 saturated carbocycles. The van der Waals surface area contributed by atoms with Crippen LogP contribution in [0.1, 0.15) is 51.1 Å². The minimum absolute atomic E-state index is 0.0171. The van der Waals surface area contributed by atoms with Gasteiger partial charge in [0.2, 0.25) is 0 Å². The van der Waals surface area contributed by atoms with Gasteiger partial charge in [0.15, 0.2) is 11.5 Å². The molecule has 7 heteroatoms. The lowest BCUT2D eigenvalue weighted by molar-refractivity contribution is 0.0600. The van der Waals surface area contributed by atoms with Crippen LogP contribution >= 0.6 is 0 Å². The summed E-state index contributed by atoms with van der Waals surface area (Å²) in [5.41, 5.74) is 2.17. The molecule has 0 amide bonds. The summed E-state index contributed by atoms with van der Waals surface area (Å²) in [7, 11) is -3.00. The largest absolute Gasteiger partial charge is 0.465 e. The third-order valence-electron chi connectivity index (χ3n) is 4.43. The van der Waals surface area contributed by atoms with E-state index in [1.54, 1.807) is 6.07 Å². The zero-order valence-electron chi connectivity index (χ0n) is 14.6. The van der Waals surface area contributed by atoms with Crippen molar-refractivity contribution in [2.75, 3.05) is 7.11 Å². The van der Waals surface area contributed by atoms with E-state index in [-0.39, 0.29) is 27.9 Å². The first-order chi connectivity index (χ1) is 12.2. The van der Waals surface area contributed by atoms with E-state index < -0.39 is 16.1 Å². The zero-order valence-corrected chi connectivity index (χ0v) is 15.4. The Morgan fingerprint density at radius 2 is 1.92 bits per heavy atom. The molecule has 0 spiro atoms. The number of esters is 1. The number of ketones is 1. The van der Waals surface area contributed by atoms with Gasteiger partial charge in [0, 0.05) is 6.42 Å². The molecule has 26 heavy (non-hydrogen) atoms. The van der Waals surface area contributed by atoms with Crippen molar-refractivity contribution in [1.29, 1.82) is 0 Å². The van der Waals surface area contributed by atoms with E-state index in [0.717, 1.165) is 11.1 Å². The van der Waals surface area contributed by atoms with Crippen molar-refractivity contribution in [3.63, 3.8) is 0 Å². The van der Waals surface area contributed by atoms with E-state index in [4.69, 9.17) is 4.18 Å². The predicted molar refractivity (Wildman–Crippen MR) is 94.1 cm³/mol. The molecular formula is C19H18O6S. The summed E-state index contributed by atoms with van der Waals surface area (Å²) in [5, 5.41) is 0. The summed E-state index contributed by atoms with van der Waals surface area (Å²) in [6.07, 6.45) is 0.328. The molecule has 1 aliphatic carbocycles. The van der Waals surface area contributed by atoms with Crippen LogP contribution in [0.3, 0.4) is 0 Å². The van der Waals surface area contributed by atoms with Crippen molar-refractivity contribution < 1.29 is 26.9 Å². The van der Waals surface area contributed by atoms with Gasteiger partial charge in [-0.1, -0.05) is 19.1 Å². The fourth-order valence-electron chi connectivity index (χ4n) is 3.24. The normalized spacial score (nSPS) is 16.3. The fraction of sp³-hybridized carbons (Fsp3) is 0.263. The molecule has 3 rings (SSSR count). The molecule has 6 nitrogen and oxygen atoms in total. The maximum atomic E-state index is 12.7. The first-order valence-corrected chi connectivity index (χ1v) is 9.45. The summed E-state index contributed by atoms with van der Waals surface area (Å²) in [4.78, 5) is 23.7. The average Bonchev–Trinajstić information content (AvgIpc) is 2.92. The molecule has 0 aliphatic heterocycles. The van der Waals surface area contributed by atoms with Crippen molar-refractivity contribution in [3.8, 4) is 5.75 Å². The van der Waals surface area contributed by atoms with Gasteiger partial charge in [-0.15, -0.1) is 0 Å². The highest BCUT2D eigenvalue weighted by Gasteiger charge is 2.33. The number of methoxy groups -OCH3 is 1. The summed E-state index contributed by atoms with van der Waals surface area (Å²) in [6, 6.07) is 8.60. The molecule has 136 valence electrons. The highest BCUT2D eigenvalue weighted by atomic mass is 32.2. The average molecular weight is 374 g/mol. The lowest BCUT2D eigenvalue weighted by atomic mass is 9.98. The van der Waals surface area contributed by atoms with E-state index in [0.29, 0.717) is 12.0 Å². The number of aryl methyl sites for hydroxylation is 1. The number of ether oxygens (including phenoxy) is 1. The third-order valence-corrected chi connectivity index (χ3v) is 5.66. The molecule has 0 unspecified atom stereocenters. The maximum absolute atomic E-state index is 12.7. The Kier molecular flexibility index (Phi) is 4.58. The van der Waals surface area contributed by atoms with Gasteiger partial charge in [-0.3, -0.25) is 4.79 Å². The number of carbonyl (C=O) groups excluding carboxylic acids is 2. The highest BCUT2D eigenvalue weighted by molar-refractivity contribution is 7.87. The summed E-state index contributed by atoms with van der Waals surface area (Å²) in [5.74, 6) is -0.748. The molecular weight excluding hydrogens is 356 g/mol. The second-order valence-electron chi connectivity index (χ2n) is 6.25. The highest BCUT2D eigenvalue weighted by Crippen LogP contribution is 2.40. The van der Waals surface area contributed by atoms with Gasteiger partial charge in [0.05, 0.1) is 18.2 Å². The van der Waals surface area contributed by atoms with E-state index in [9.17, 15) is 18.0 Å². The van der Waals surface area contributed by atoms with Gasteiger partial charge >= 0.3 is 16.1 Å². The van der Waals surface area contributed by atoms with Gasteiger partial charge in [0.25, 0.3) is 0 Å². The van der Waals surface area contributed by atoms with Crippen molar-refractivity contribution in [2.45, 2.75) is 31.1 Å². The lowest BCUT2D eigenvalue weighted by Crippen LogP contribution is -2.13. The quantitative estimate of drug-likeness (QED) is 0.603. The lowest BCUT2D eigenvalue weighted by Gasteiger charge is -2.13. The molecule has 0 saturated heterocycles. The van der Waals surface area contributed by atoms with Crippen LogP contribution in [0.2, 0.25) is 0 Å². The van der Waals surface area contributed by atoms with E-state index in [1.807, 2.05) is 13.8 Å². The smallest absolute Gasteiger partial charge is 0.339 e. The molecule has 1 atom stereocenters. The van der Waals surface area contributed by atoms with Crippen molar-refractivity contribution >= 4 is 21.9 Å². The molecule has 0 fully saturated rings. The Morgan fingerprint density at radius 3 is 2.62 bits per heavy atom. The van der Waals surface area contributed by atoms with Gasteiger partial charge in [-0.25, -0.2) is 4.79 Å². The number of rotatable bonds is 4. The zero-order chi connectivity index (χ0) is 19.1. The van der Waals surface area contributed by atoms with Gasteiger partial charge < -0.3 is 8.92 Å². The monoisotopic (exact) mass is 374 g/mol. The molecule has 0 heterocycles. The Bertz CT molecular complexity index is 1010. The number of fused-ring (bicyclic) bond motifs is 1. The Labute approximate surface area is 151 Å². The van der Waals surface area contributed by atoms with E-state index in [2.05, 4.69) is 4.74 Å². The maximum Gasteiger partial charge on any atom is 0.339 e. The number of Topliss-reactive ketones (excluding diaryl/α,β-unsaturated/α-hetero) is 1. The second-order valence-corrected chi connectivity index (χ2v) is 7.80. The standard InChI is InChI=1S/C19H18O6S/c1-11-7-8-16(18-15(20)9-12(2)17(11)18)25-26(22,23)14-6-4-5-13(10-14)19(21)24-3/h4-8,10,12H,9H2,1-3H3/t12-/m0/s1. The predicted octanol–water partition coefficient (Wildman–Crippen LogP) is 3.24. The van der Waals surface area contributed by atoms with Crippen LogP contribution in [-0.2, 0) is 14.9 Å². The Morgan fingerprint density at radius 1 is 1.19 bits per heavy atom. The molecule has 0 aromatic heterocycles. The number of hydrogen-bond donors (Lipinski definition) is 0. The van der Waals surface area contributed by atoms with Crippen LogP contribution in [0.4, 0.5) is 0 Å². The topological polar surface area (TPSA) is 86.7 Å². The van der Waals surface area contributed by atoms with Gasteiger partial charge in [0.1, 0.15) is 4.90 Å². The van der Waals surface area contributed by atoms with Crippen LogP contribution in [0.15, 0.2) is 41.3 Å². The van der Waals surface area contributed by atoms with Gasteiger partial charge in [-0.2, -0.15) is 8.42 Å². The second kappa shape index (κ2) is 6.57. The molecule has 2 aromatic carbocycles. The molecule has 0 bridgehead atoms. The SMILES string of the molecule is COC(=O)c1cccc(S(=O)(=O)Oc2ccc(C)c3c2C(=O)C[C@@H]3C)c1. The molecule has 0 radical (unpaired) electrons. The fourth-order valence-corrected chi connectivity index (χ4v) is 4.23. The summed E-state index contributed by atoms with van der Waals surface area (Å²) < 4.78 is 35.2. The van der Waals surface area contributed by atoms with Gasteiger partial charge in [-0.05, 0) is 48.2 Å². The number of carbonyl (C=O) groups is 2. The van der Waals surface area contributed by atoms with Crippen LogP contribution < -0.4 is 4.18 Å². The van der Waals surface area contributed by atoms with Crippen LogP contribution in [0.5, 0.6) is 5.75 Å².